The normalized spacial score (nSPS) is 23.1. The third-order valence-electron chi connectivity index (χ3n) is 7.08. The number of nitrogens with zero attached hydrogens (tertiary/aromatic N) is 4. The van der Waals surface area contributed by atoms with Crippen molar-refractivity contribution in [2.24, 2.45) is 4.99 Å². The first-order chi connectivity index (χ1) is 14.8. The molecule has 0 unspecified atom stereocenters. The van der Waals surface area contributed by atoms with E-state index in [1.54, 1.807) is 0 Å². The van der Waals surface area contributed by atoms with E-state index < -0.39 is 0 Å². The molecule has 8 heteroatoms. The number of rotatable bonds is 5. The van der Waals surface area contributed by atoms with Crippen molar-refractivity contribution in [3.8, 4) is 0 Å². The highest BCUT2D eigenvalue weighted by molar-refractivity contribution is 14.0. The minimum absolute atomic E-state index is 0. The summed E-state index contributed by atoms with van der Waals surface area (Å²) in [5.74, 6) is 4.63. The van der Waals surface area contributed by atoms with Gasteiger partial charge in [0.1, 0.15) is 5.82 Å². The van der Waals surface area contributed by atoms with Crippen LogP contribution in [0, 0.1) is 0 Å². The van der Waals surface area contributed by atoms with Gasteiger partial charge in [0.25, 0.3) is 0 Å². The number of anilines is 1. The number of thioether (sulfide) groups is 1. The summed E-state index contributed by atoms with van der Waals surface area (Å²) in [5.41, 5.74) is 0.319. The Hall–Kier alpha value is -0.740. The van der Waals surface area contributed by atoms with Crippen LogP contribution in [0.4, 0.5) is 5.82 Å². The molecule has 3 fully saturated rings. The van der Waals surface area contributed by atoms with Gasteiger partial charge in [0, 0.05) is 69.1 Å². The molecule has 1 aliphatic carbocycles. The van der Waals surface area contributed by atoms with Gasteiger partial charge in [0.05, 0.1) is 0 Å². The van der Waals surface area contributed by atoms with Crippen LogP contribution in [0.2, 0.25) is 0 Å². The minimum Gasteiger partial charge on any atom is -0.356 e. The van der Waals surface area contributed by atoms with Gasteiger partial charge in [-0.1, -0.05) is 25.3 Å². The summed E-state index contributed by atoms with van der Waals surface area (Å²) in [6, 6.07) is 6.64. The molecule has 0 spiro atoms. The number of guanidine groups is 1. The van der Waals surface area contributed by atoms with Gasteiger partial charge in [-0.2, -0.15) is 11.8 Å². The second-order valence-electron chi connectivity index (χ2n) is 8.90. The predicted octanol–water partition coefficient (Wildman–Crippen LogP) is 3.59. The van der Waals surface area contributed by atoms with E-state index in [0.717, 1.165) is 44.3 Å². The van der Waals surface area contributed by atoms with E-state index in [-0.39, 0.29) is 24.0 Å². The zero-order chi connectivity index (χ0) is 20.7. The van der Waals surface area contributed by atoms with Crippen LogP contribution in [0.25, 0.3) is 0 Å². The lowest BCUT2D eigenvalue weighted by Crippen LogP contribution is -2.60. The van der Waals surface area contributed by atoms with E-state index >= 15 is 0 Å². The molecular weight excluding hydrogens is 519 g/mol. The molecule has 1 aromatic rings. The highest BCUT2D eigenvalue weighted by atomic mass is 127. The van der Waals surface area contributed by atoms with Crippen LogP contribution in [0.5, 0.6) is 0 Å². The van der Waals surface area contributed by atoms with E-state index in [1.165, 1.54) is 56.7 Å². The van der Waals surface area contributed by atoms with E-state index in [9.17, 15) is 0 Å². The number of piperidine rings is 1. The molecule has 4 rings (SSSR count). The SMILES string of the molecule is CN=C(NCC1(N2CCSCC2)CCCCC1)NC1CCN(c2ccccn2)CC1.I. The van der Waals surface area contributed by atoms with Crippen molar-refractivity contribution in [2.45, 2.75) is 56.5 Å². The highest BCUT2D eigenvalue weighted by Gasteiger charge is 2.38. The third-order valence-corrected chi connectivity index (χ3v) is 8.03. The zero-order valence-electron chi connectivity index (χ0n) is 18.9. The first-order valence-corrected chi connectivity index (χ1v) is 12.9. The van der Waals surface area contributed by atoms with Gasteiger partial charge in [0.15, 0.2) is 5.96 Å². The summed E-state index contributed by atoms with van der Waals surface area (Å²) in [6.07, 6.45) is 10.9. The first kappa shape index (κ1) is 24.9. The lowest BCUT2D eigenvalue weighted by atomic mass is 9.80. The van der Waals surface area contributed by atoms with Crippen molar-refractivity contribution < 1.29 is 0 Å². The molecule has 2 aliphatic heterocycles. The summed E-state index contributed by atoms with van der Waals surface area (Å²) in [6.45, 7) is 5.58. The first-order valence-electron chi connectivity index (χ1n) is 11.8. The summed E-state index contributed by atoms with van der Waals surface area (Å²) in [4.78, 5) is 14.2. The number of halogens is 1. The maximum absolute atomic E-state index is 4.57. The number of hydrogen-bond donors (Lipinski definition) is 2. The van der Waals surface area contributed by atoms with Crippen molar-refractivity contribution in [1.29, 1.82) is 0 Å². The minimum atomic E-state index is 0. The molecule has 3 heterocycles. The number of pyridine rings is 1. The topological polar surface area (TPSA) is 55.8 Å². The second-order valence-corrected chi connectivity index (χ2v) is 10.1. The van der Waals surface area contributed by atoms with Crippen LogP contribution in [0.1, 0.15) is 44.9 Å². The van der Waals surface area contributed by atoms with Crippen molar-refractivity contribution in [3.05, 3.63) is 24.4 Å². The van der Waals surface area contributed by atoms with Gasteiger partial charge in [0.2, 0.25) is 0 Å². The molecule has 0 amide bonds. The second kappa shape index (κ2) is 12.5. The molecule has 0 bridgehead atoms. The van der Waals surface area contributed by atoms with Crippen LogP contribution in [-0.2, 0) is 0 Å². The molecule has 2 saturated heterocycles. The van der Waals surface area contributed by atoms with Crippen molar-refractivity contribution in [2.75, 3.05) is 56.2 Å². The summed E-state index contributed by atoms with van der Waals surface area (Å²) in [7, 11) is 1.91. The fourth-order valence-electron chi connectivity index (χ4n) is 5.28. The van der Waals surface area contributed by atoms with Crippen LogP contribution >= 0.6 is 35.7 Å². The van der Waals surface area contributed by atoms with Gasteiger partial charge in [-0.3, -0.25) is 9.89 Å². The van der Waals surface area contributed by atoms with Crippen LogP contribution in [-0.4, -0.2) is 78.7 Å². The van der Waals surface area contributed by atoms with Gasteiger partial charge in [-0.15, -0.1) is 24.0 Å². The maximum Gasteiger partial charge on any atom is 0.191 e. The molecule has 174 valence electrons. The predicted molar refractivity (Wildman–Crippen MR) is 144 cm³/mol. The molecule has 3 aliphatic rings. The van der Waals surface area contributed by atoms with E-state index in [0.29, 0.717) is 11.6 Å². The average Bonchev–Trinajstić information content (AvgIpc) is 2.84. The van der Waals surface area contributed by atoms with Gasteiger partial charge < -0.3 is 15.5 Å². The number of nitrogens with one attached hydrogen (secondary N) is 2. The lowest BCUT2D eigenvalue weighted by Gasteiger charge is -2.48. The number of hydrogen-bond acceptors (Lipinski definition) is 5. The lowest BCUT2D eigenvalue weighted by molar-refractivity contribution is 0.0625. The van der Waals surface area contributed by atoms with E-state index in [4.69, 9.17) is 0 Å². The molecule has 0 aromatic carbocycles. The smallest absolute Gasteiger partial charge is 0.191 e. The Labute approximate surface area is 209 Å². The standard InChI is InChI=1S/C23H38N6S.HI/c1-24-22(27-20-8-13-28(14-9-20)21-7-3-6-12-25-21)26-19-23(10-4-2-5-11-23)29-15-17-30-18-16-29;/h3,6-7,12,20H,2,4-5,8-11,13-19H2,1H3,(H2,24,26,27);1H. The molecule has 0 radical (unpaired) electrons. The van der Waals surface area contributed by atoms with Crippen LogP contribution in [0.3, 0.4) is 0 Å². The van der Waals surface area contributed by atoms with E-state index in [2.05, 4.69) is 54.3 Å². The molecule has 0 atom stereocenters. The Morgan fingerprint density at radius 2 is 1.87 bits per heavy atom. The Bertz CT molecular complexity index is 668. The Kier molecular flexibility index (Phi) is 10.0. The molecule has 31 heavy (non-hydrogen) atoms. The van der Waals surface area contributed by atoms with Crippen molar-refractivity contribution in [1.82, 2.24) is 20.5 Å². The van der Waals surface area contributed by atoms with Crippen LogP contribution in [0.15, 0.2) is 29.4 Å². The van der Waals surface area contributed by atoms with Gasteiger partial charge in [-0.05, 0) is 37.8 Å². The molecule has 1 saturated carbocycles. The highest BCUT2D eigenvalue weighted by Crippen LogP contribution is 2.34. The Morgan fingerprint density at radius 1 is 1.13 bits per heavy atom. The van der Waals surface area contributed by atoms with Crippen molar-refractivity contribution >= 4 is 47.5 Å². The third kappa shape index (κ3) is 6.63. The average molecular weight is 559 g/mol. The van der Waals surface area contributed by atoms with Gasteiger partial charge in [-0.25, -0.2) is 4.98 Å². The fourth-order valence-corrected chi connectivity index (χ4v) is 6.19. The number of aromatic nitrogens is 1. The van der Waals surface area contributed by atoms with E-state index in [1.807, 2.05) is 19.3 Å². The Balaban J connectivity index is 0.00000272. The summed E-state index contributed by atoms with van der Waals surface area (Å²) in [5, 5.41) is 7.44. The maximum atomic E-state index is 4.57. The molecular formula is C23H39IN6S. The molecule has 6 nitrogen and oxygen atoms in total. The van der Waals surface area contributed by atoms with Crippen LogP contribution < -0.4 is 15.5 Å². The quantitative estimate of drug-likeness (QED) is 0.328. The van der Waals surface area contributed by atoms with Gasteiger partial charge >= 0.3 is 0 Å². The summed E-state index contributed by atoms with van der Waals surface area (Å²) >= 11 is 2.11. The summed E-state index contributed by atoms with van der Waals surface area (Å²) < 4.78 is 0. The monoisotopic (exact) mass is 558 g/mol. The number of aliphatic imine (C=N–C) groups is 1. The fraction of sp³-hybridized carbons (Fsp3) is 0.739. The zero-order valence-corrected chi connectivity index (χ0v) is 22.0. The Morgan fingerprint density at radius 3 is 2.52 bits per heavy atom. The molecule has 1 aromatic heterocycles. The van der Waals surface area contributed by atoms with Crippen molar-refractivity contribution in [3.63, 3.8) is 0 Å². The molecule has 2 N–H and O–H groups in total. The largest absolute Gasteiger partial charge is 0.356 e.